The molecule has 2 atom stereocenters. The van der Waals surface area contributed by atoms with Crippen LogP contribution in [0.25, 0.3) is 0 Å². The number of hydrogen-bond acceptors (Lipinski definition) is 8. The number of rotatable bonds is 5. The SMILES string of the molecule is CCOC(=O)C(=O)C1CN(C(=O)OC(C)(C)C)CC(C)(C(=O)OCC)C1=O. The minimum atomic E-state index is -1.79. The van der Waals surface area contributed by atoms with E-state index in [1.165, 1.54) is 13.8 Å². The highest BCUT2D eigenvalue weighted by Gasteiger charge is 2.55. The number of ketones is 2. The van der Waals surface area contributed by atoms with Gasteiger partial charge in [-0.05, 0) is 41.5 Å². The van der Waals surface area contributed by atoms with E-state index in [1.807, 2.05) is 0 Å². The van der Waals surface area contributed by atoms with Gasteiger partial charge in [0.05, 0.1) is 13.2 Å². The largest absolute Gasteiger partial charge is 0.465 e. The summed E-state index contributed by atoms with van der Waals surface area (Å²) in [6.07, 6.45) is -0.799. The second-order valence-corrected chi connectivity index (χ2v) is 7.41. The molecule has 0 spiro atoms. The molecular formula is C18H27NO8. The number of ether oxygens (including phenoxy) is 3. The molecule has 27 heavy (non-hydrogen) atoms. The van der Waals surface area contributed by atoms with E-state index in [0.717, 1.165) is 4.90 Å². The van der Waals surface area contributed by atoms with Crippen molar-refractivity contribution in [1.82, 2.24) is 4.90 Å². The van der Waals surface area contributed by atoms with Crippen molar-refractivity contribution in [2.24, 2.45) is 11.3 Å². The van der Waals surface area contributed by atoms with Crippen LogP contribution in [0.4, 0.5) is 4.79 Å². The molecule has 0 N–H and O–H groups in total. The van der Waals surface area contributed by atoms with Gasteiger partial charge in [-0.3, -0.25) is 14.4 Å². The van der Waals surface area contributed by atoms with Gasteiger partial charge in [-0.1, -0.05) is 0 Å². The molecule has 1 fully saturated rings. The standard InChI is InChI=1S/C18H27NO8/c1-7-25-14(22)12(20)11-9-19(16(24)27-17(3,4)5)10-18(6,13(11)21)15(23)26-8-2/h11H,7-10H2,1-6H3. The molecule has 2 unspecified atom stereocenters. The second kappa shape index (κ2) is 8.49. The average Bonchev–Trinajstić information content (AvgIpc) is 2.55. The fourth-order valence-corrected chi connectivity index (χ4v) is 2.68. The maximum absolute atomic E-state index is 12.9. The summed E-state index contributed by atoms with van der Waals surface area (Å²) < 4.78 is 14.9. The minimum Gasteiger partial charge on any atom is -0.465 e. The molecule has 9 heteroatoms. The van der Waals surface area contributed by atoms with Gasteiger partial charge < -0.3 is 19.1 Å². The smallest absolute Gasteiger partial charge is 0.410 e. The number of Topliss-reactive ketones (excluding diaryl/α,β-unsaturated/α-hetero) is 2. The summed E-state index contributed by atoms with van der Waals surface area (Å²) >= 11 is 0. The summed E-state index contributed by atoms with van der Waals surface area (Å²) in [5.74, 6) is -5.47. The molecule has 9 nitrogen and oxygen atoms in total. The summed E-state index contributed by atoms with van der Waals surface area (Å²) in [5.41, 5.74) is -2.61. The maximum atomic E-state index is 12.9. The van der Waals surface area contributed by atoms with Gasteiger partial charge in [0.25, 0.3) is 5.78 Å². The van der Waals surface area contributed by atoms with Crippen molar-refractivity contribution in [2.45, 2.75) is 47.1 Å². The van der Waals surface area contributed by atoms with Crippen LogP contribution in [0, 0.1) is 11.3 Å². The first-order valence-corrected chi connectivity index (χ1v) is 8.77. The first kappa shape index (κ1) is 22.6. The number of amides is 1. The summed E-state index contributed by atoms with van der Waals surface area (Å²) in [5, 5.41) is 0. The molecule has 1 heterocycles. The van der Waals surface area contributed by atoms with Crippen LogP contribution in [0.3, 0.4) is 0 Å². The third-order valence-electron chi connectivity index (χ3n) is 3.94. The fraction of sp³-hybridized carbons (Fsp3) is 0.722. The van der Waals surface area contributed by atoms with Gasteiger partial charge in [0, 0.05) is 13.1 Å². The Kier molecular flexibility index (Phi) is 7.11. The molecule has 1 amide bonds. The van der Waals surface area contributed by atoms with Crippen molar-refractivity contribution < 1.29 is 38.2 Å². The van der Waals surface area contributed by atoms with Gasteiger partial charge >= 0.3 is 18.0 Å². The number of esters is 2. The molecule has 0 radical (unpaired) electrons. The molecule has 0 aliphatic carbocycles. The van der Waals surface area contributed by atoms with Crippen molar-refractivity contribution in [3.8, 4) is 0 Å². The molecule has 0 aromatic heterocycles. The van der Waals surface area contributed by atoms with E-state index in [2.05, 4.69) is 4.74 Å². The lowest BCUT2D eigenvalue weighted by molar-refractivity contribution is -0.168. The lowest BCUT2D eigenvalue weighted by atomic mass is 9.74. The average molecular weight is 385 g/mol. The zero-order valence-corrected chi connectivity index (χ0v) is 16.6. The van der Waals surface area contributed by atoms with Crippen LogP contribution >= 0.6 is 0 Å². The van der Waals surface area contributed by atoms with Crippen LogP contribution in [0.5, 0.6) is 0 Å². The van der Waals surface area contributed by atoms with Crippen molar-refractivity contribution in [2.75, 3.05) is 26.3 Å². The number of carbonyl (C=O) groups excluding carboxylic acids is 5. The molecule has 1 saturated heterocycles. The monoisotopic (exact) mass is 385 g/mol. The molecule has 0 bridgehead atoms. The van der Waals surface area contributed by atoms with E-state index in [1.54, 1.807) is 27.7 Å². The van der Waals surface area contributed by atoms with Crippen LogP contribution in [0.15, 0.2) is 0 Å². The van der Waals surface area contributed by atoms with E-state index >= 15 is 0 Å². The topological polar surface area (TPSA) is 116 Å². The normalized spacial score (nSPS) is 22.8. The third kappa shape index (κ3) is 5.27. The summed E-state index contributed by atoms with van der Waals surface area (Å²) in [6.45, 7) is 8.64. The summed E-state index contributed by atoms with van der Waals surface area (Å²) in [6, 6.07) is 0. The molecular weight excluding hydrogens is 358 g/mol. The Labute approximate surface area is 158 Å². The van der Waals surface area contributed by atoms with Gasteiger partial charge in [0.2, 0.25) is 0 Å². The highest BCUT2D eigenvalue weighted by molar-refractivity contribution is 6.39. The molecule has 1 aliphatic rings. The van der Waals surface area contributed by atoms with E-state index in [4.69, 9.17) is 9.47 Å². The maximum Gasteiger partial charge on any atom is 0.410 e. The van der Waals surface area contributed by atoms with E-state index in [-0.39, 0.29) is 26.3 Å². The van der Waals surface area contributed by atoms with Crippen molar-refractivity contribution in [1.29, 1.82) is 0 Å². The highest BCUT2D eigenvalue weighted by atomic mass is 16.6. The predicted molar refractivity (Wildman–Crippen MR) is 92.7 cm³/mol. The van der Waals surface area contributed by atoms with Gasteiger partial charge in [0.15, 0.2) is 5.78 Å². The number of hydrogen-bond donors (Lipinski definition) is 0. The van der Waals surface area contributed by atoms with Crippen LogP contribution < -0.4 is 0 Å². The Morgan fingerprint density at radius 3 is 2.15 bits per heavy atom. The zero-order valence-electron chi connectivity index (χ0n) is 16.6. The van der Waals surface area contributed by atoms with Crippen molar-refractivity contribution in [3.63, 3.8) is 0 Å². The number of likely N-dealkylation sites (tertiary alicyclic amines) is 1. The minimum absolute atomic E-state index is 0.0185. The summed E-state index contributed by atoms with van der Waals surface area (Å²) in [7, 11) is 0. The fourth-order valence-electron chi connectivity index (χ4n) is 2.68. The number of carbonyl (C=O) groups is 5. The number of nitrogens with zero attached hydrogens (tertiary/aromatic N) is 1. The molecule has 0 aromatic rings. The first-order chi connectivity index (χ1) is 12.4. The van der Waals surface area contributed by atoms with E-state index in [0.29, 0.717) is 0 Å². The second-order valence-electron chi connectivity index (χ2n) is 7.41. The van der Waals surface area contributed by atoms with Crippen LogP contribution in [-0.2, 0) is 33.4 Å². The van der Waals surface area contributed by atoms with Crippen LogP contribution in [0.1, 0.15) is 41.5 Å². The van der Waals surface area contributed by atoms with Crippen molar-refractivity contribution >= 4 is 29.6 Å². The molecule has 152 valence electrons. The molecule has 1 aliphatic heterocycles. The molecule has 1 rings (SSSR count). The van der Waals surface area contributed by atoms with Gasteiger partial charge in [-0.25, -0.2) is 9.59 Å². The Hall–Kier alpha value is -2.45. The molecule has 0 saturated carbocycles. The van der Waals surface area contributed by atoms with Gasteiger partial charge in [-0.2, -0.15) is 0 Å². The summed E-state index contributed by atoms with van der Waals surface area (Å²) in [4.78, 5) is 63.0. The Bertz CT molecular complexity index is 636. The lowest BCUT2D eigenvalue weighted by Gasteiger charge is -2.40. The van der Waals surface area contributed by atoms with E-state index < -0.39 is 46.5 Å². The Balaban J connectivity index is 3.24. The Morgan fingerprint density at radius 2 is 1.67 bits per heavy atom. The van der Waals surface area contributed by atoms with E-state index in [9.17, 15) is 24.0 Å². The van der Waals surface area contributed by atoms with Gasteiger partial charge in [0.1, 0.15) is 16.9 Å². The first-order valence-electron chi connectivity index (χ1n) is 8.77. The lowest BCUT2D eigenvalue weighted by Crippen LogP contribution is -2.61. The van der Waals surface area contributed by atoms with Gasteiger partial charge in [-0.15, -0.1) is 0 Å². The van der Waals surface area contributed by atoms with Crippen LogP contribution in [0.2, 0.25) is 0 Å². The molecule has 0 aromatic carbocycles. The number of piperidine rings is 1. The predicted octanol–water partition coefficient (Wildman–Crippen LogP) is 1.12. The van der Waals surface area contributed by atoms with Crippen LogP contribution in [-0.4, -0.2) is 66.4 Å². The third-order valence-corrected chi connectivity index (χ3v) is 3.94. The Morgan fingerprint density at radius 1 is 1.11 bits per heavy atom. The highest BCUT2D eigenvalue weighted by Crippen LogP contribution is 2.32. The van der Waals surface area contributed by atoms with Crippen molar-refractivity contribution in [3.05, 3.63) is 0 Å². The zero-order chi connectivity index (χ0) is 21.0. The quantitative estimate of drug-likeness (QED) is 0.299.